The third kappa shape index (κ3) is 3.79. The molecule has 2 aromatic rings. The summed E-state index contributed by atoms with van der Waals surface area (Å²) < 4.78 is 22.1. The van der Waals surface area contributed by atoms with Crippen molar-refractivity contribution in [1.29, 1.82) is 0 Å². The fourth-order valence-electron chi connectivity index (χ4n) is 3.51. The van der Waals surface area contributed by atoms with Crippen LogP contribution in [0.2, 0.25) is 0 Å². The highest BCUT2D eigenvalue weighted by Crippen LogP contribution is 2.38. The van der Waals surface area contributed by atoms with Gasteiger partial charge in [0.05, 0.1) is 18.0 Å². The number of hydrogen-bond donors (Lipinski definition) is 2. The lowest BCUT2D eigenvalue weighted by molar-refractivity contribution is 0.0694. The van der Waals surface area contributed by atoms with E-state index in [1.165, 1.54) is 13.3 Å². The predicted octanol–water partition coefficient (Wildman–Crippen LogP) is 0.0160. The number of nitrogens with zero attached hydrogens (tertiary/aromatic N) is 2. The van der Waals surface area contributed by atoms with Gasteiger partial charge in [-0.1, -0.05) is 0 Å². The van der Waals surface area contributed by atoms with Gasteiger partial charge in [0.2, 0.25) is 5.43 Å². The minimum absolute atomic E-state index is 0. The van der Waals surface area contributed by atoms with E-state index in [0.717, 1.165) is 6.07 Å². The number of aryl methyl sites for hydroxylation is 1. The van der Waals surface area contributed by atoms with Crippen LogP contribution in [0.15, 0.2) is 17.1 Å². The van der Waals surface area contributed by atoms with E-state index in [1.54, 1.807) is 4.57 Å². The van der Waals surface area contributed by atoms with Crippen molar-refractivity contribution in [3.63, 3.8) is 0 Å². The standard InChI is InChI=1S/C18H22FN3O4.2H2O/c1-4-21-9-12(18(24)25)16(23)11-7-13(19)15(17(26-3)14(11)21)22-6-5-20-10(2)8-22;;/h7,9-10,20H,4-6,8H2,1-3H3,(H,24,25);2*1H2. The molecule has 0 aliphatic carbocycles. The van der Waals surface area contributed by atoms with Crippen LogP contribution in [0.25, 0.3) is 10.9 Å². The molecule has 2 heterocycles. The largest absolute Gasteiger partial charge is 0.492 e. The second-order valence-electron chi connectivity index (χ2n) is 6.40. The van der Waals surface area contributed by atoms with Gasteiger partial charge in [0.25, 0.3) is 0 Å². The highest BCUT2D eigenvalue weighted by Gasteiger charge is 2.27. The van der Waals surface area contributed by atoms with E-state index in [9.17, 15) is 19.1 Å². The van der Waals surface area contributed by atoms with E-state index in [1.807, 2.05) is 18.7 Å². The van der Waals surface area contributed by atoms with Gasteiger partial charge < -0.3 is 35.6 Å². The van der Waals surface area contributed by atoms with Gasteiger partial charge in [0, 0.05) is 38.4 Å². The monoisotopic (exact) mass is 399 g/mol. The molecule has 1 unspecified atom stereocenters. The van der Waals surface area contributed by atoms with Gasteiger partial charge in [-0.25, -0.2) is 9.18 Å². The van der Waals surface area contributed by atoms with Crippen molar-refractivity contribution in [2.24, 2.45) is 0 Å². The number of carboxylic acids is 1. The summed E-state index contributed by atoms with van der Waals surface area (Å²) in [5, 5.41) is 12.6. The number of aromatic carboxylic acids is 1. The number of pyridine rings is 1. The van der Waals surface area contributed by atoms with E-state index in [-0.39, 0.29) is 33.7 Å². The minimum atomic E-state index is -1.33. The summed E-state index contributed by atoms with van der Waals surface area (Å²) in [5.74, 6) is -1.67. The first-order chi connectivity index (χ1) is 12.4. The number of fused-ring (bicyclic) bond motifs is 1. The number of piperazine rings is 1. The van der Waals surface area contributed by atoms with Crippen molar-refractivity contribution < 1.29 is 30.0 Å². The van der Waals surface area contributed by atoms with Crippen molar-refractivity contribution in [2.45, 2.75) is 26.4 Å². The van der Waals surface area contributed by atoms with Gasteiger partial charge in [0.15, 0.2) is 11.6 Å². The molecule has 0 saturated carbocycles. The number of methoxy groups -OCH3 is 1. The summed E-state index contributed by atoms with van der Waals surface area (Å²) >= 11 is 0. The van der Waals surface area contributed by atoms with Crippen molar-refractivity contribution >= 4 is 22.6 Å². The van der Waals surface area contributed by atoms with Crippen LogP contribution in [-0.4, -0.2) is 59.4 Å². The smallest absolute Gasteiger partial charge is 0.341 e. The Labute approximate surface area is 160 Å². The number of carbonyl (C=O) groups is 1. The number of nitrogens with one attached hydrogen (secondary N) is 1. The first kappa shape index (κ1) is 23.3. The number of ether oxygens (including phenoxy) is 1. The molecule has 1 aliphatic heterocycles. The van der Waals surface area contributed by atoms with Crippen LogP contribution in [0.4, 0.5) is 10.1 Å². The highest BCUT2D eigenvalue weighted by molar-refractivity contribution is 5.97. The highest BCUT2D eigenvalue weighted by atomic mass is 19.1. The van der Waals surface area contributed by atoms with Gasteiger partial charge in [-0.2, -0.15) is 0 Å². The average Bonchev–Trinajstić information content (AvgIpc) is 2.61. The Kier molecular flexibility index (Phi) is 7.51. The molecule has 1 aromatic carbocycles. The Bertz CT molecular complexity index is 930. The third-order valence-electron chi connectivity index (χ3n) is 4.70. The van der Waals surface area contributed by atoms with Gasteiger partial charge in [-0.3, -0.25) is 4.79 Å². The van der Waals surface area contributed by atoms with Gasteiger partial charge in [0.1, 0.15) is 11.3 Å². The number of aromatic nitrogens is 1. The second-order valence-corrected chi connectivity index (χ2v) is 6.40. The zero-order chi connectivity index (χ0) is 19.0. The molecule has 6 N–H and O–H groups in total. The normalized spacial score (nSPS) is 16.3. The quantitative estimate of drug-likeness (QED) is 0.740. The molecule has 10 heteroatoms. The zero-order valence-corrected chi connectivity index (χ0v) is 16.0. The Morgan fingerprint density at radius 3 is 2.64 bits per heavy atom. The third-order valence-corrected chi connectivity index (χ3v) is 4.70. The number of anilines is 1. The van der Waals surface area contributed by atoms with Crippen molar-refractivity contribution in [3.8, 4) is 5.75 Å². The molecule has 0 spiro atoms. The molecule has 1 aromatic heterocycles. The molecule has 1 atom stereocenters. The van der Waals surface area contributed by atoms with E-state index < -0.39 is 17.2 Å². The zero-order valence-electron chi connectivity index (χ0n) is 16.0. The van der Waals surface area contributed by atoms with Crippen LogP contribution in [0.3, 0.4) is 0 Å². The maximum Gasteiger partial charge on any atom is 0.341 e. The number of rotatable bonds is 4. The van der Waals surface area contributed by atoms with E-state index in [2.05, 4.69) is 5.32 Å². The van der Waals surface area contributed by atoms with Crippen LogP contribution < -0.4 is 20.4 Å². The molecule has 28 heavy (non-hydrogen) atoms. The molecule has 0 radical (unpaired) electrons. The Morgan fingerprint density at radius 1 is 1.43 bits per heavy atom. The Hall–Kier alpha value is -2.69. The van der Waals surface area contributed by atoms with E-state index in [0.29, 0.717) is 37.4 Å². The fourth-order valence-corrected chi connectivity index (χ4v) is 3.51. The summed E-state index contributed by atoms with van der Waals surface area (Å²) in [6.45, 7) is 6.16. The van der Waals surface area contributed by atoms with Gasteiger partial charge in [-0.15, -0.1) is 0 Å². The van der Waals surface area contributed by atoms with E-state index in [4.69, 9.17) is 4.74 Å². The molecule has 9 nitrogen and oxygen atoms in total. The number of hydrogen-bond acceptors (Lipinski definition) is 5. The summed E-state index contributed by atoms with van der Waals surface area (Å²) in [7, 11) is 1.43. The van der Waals surface area contributed by atoms with Crippen LogP contribution >= 0.6 is 0 Å². The Balaban J connectivity index is 0.00000196. The SMILES string of the molecule is CCn1cc(C(=O)O)c(=O)c2cc(F)c(N3CCNC(C)C3)c(OC)c21.O.O. The average molecular weight is 399 g/mol. The first-order valence-electron chi connectivity index (χ1n) is 8.54. The molecule has 0 bridgehead atoms. The lowest BCUT2D eigenvalue weighted by Crippen LogP contribution is -2.49. The molecule has 1 fully saturated rings. The van der Waals surface area contributed by atoms with Crippen molar-refractivity contribution in [1.82, 2.24) is 9.88 Å². The molecule has 3 rings (SSSR count). The van der Waals surface area contributed by atoms with Gasteiger partial charge in [-0.05, 0) is 19.9 Å². The van der Waals surface area contributed by atoms with Crippen LogP contribution in [-0.2, 0) is 6.54 Å². The van der Waals surface area contributed by atoms with Crippen LogP contribution in [0.5, 0.6) is 5.75 Å². The summed E-state index contributed by atoms with van der Waals surface area (Å²) in [6, 6.07) is 1.31. The second kappa shape index (κ2) is 9.00. The molecular formula is C18H26FN3O6. The van der Waals surface area contributed by atoms with E-state index >= 15 is 0 Å². The summed E-state index contributed by atoms with van der Waals surface area (Å²) in [6.07, 6.45) is 1.29. The fraction of sp³-hybridized carbons (Fsp3) is 0.444. The summed E-state index contributed by atoms with van der Waals surface area (Å²) in [4.78, 5) is 25.8. The first-order valence-corrected chi connectivity index (χ1v) is 8.54. The predicted molar refractivity (Wildman–Crippen MR) is 104 cm³/mol. The molecule has 1 saturated heterocycles. The summed E-state index contributed by atoms with van der Waals surface area (Å²) in [5.41, 5.74) is -0.385. The van der Waals surface area contributed by atoms with Crippen molar-refractivity contribution in [3.05, 3.63) is 33.9 Å². The molecule has 156 valence electrons. The Morgan fingerprint density at radius 2 is 2.11 bits per heavy atom. The molecular weight excluding hydrogens is 373 g/mol. The molecule has 1 aliphatic rings. The maximum absolute atomic E-state index is 15.0. The number of benzene rings is 1. The molecule has 0 amide bonds. The lowest BCUT2D eigenvalue weighted by atomic mass is 10.1. The number of halogens is 1. The number of carboxylic acid groups (broad SMARTS) is 1. The lowest BCUT2D eigenvalue weighted by Gasteiger charge is -2.35. The topological polar surface area (TPSA) is 147 Å². The maximum atomic E-state index is 15.0. The van der Waals surface area contributed by atoms with Crippen LogP contribution in [0.1, 0.15) is 24.2 Å². The minimum Gasteiger partial charge on any atom is -0.492 e. The van der Waals surface area contributed by atoms with Crippen LogP contribution in [0, 0.1) is 5.82 Å². The van der Waals surface area contributed by atoms with Gasteiger partial charge >= 0.3 is 5.97 Å². The van der Waals surface area contributed by atoms with Crippen molar-refractivity contribution in [2.75, 3.05) is 31.6 Å².